The molecule has 1 rings (SSSR count). The molecular formula is C6H12NO5P. The quantitative estimate of drug-likeness (QED) is 0.454. The first-order valence-corrected chi connectivity index (χ1v) is 5.69. The lowest BCUT2D eigenvalue weighted by Crippen LogP contribution is -2.29. The first kappa shape index (κ1) is 10.7. The molecule has 2 unspecified atom stereocenters. The van der Waals surface area contributed by atoms with Gasteiger partial charge in [-0.05, 0) is 18.9 Å². The Labute approximate surface area is 75.1 Å². The summed E-state index contributed by atoms with van der Waals surface area (Å²) in [5.74, 6) is -1.20. The zero-order chi connectivity index (χ0) is 10.1. The maximum Gasteiger partial charge on any atom is 0.325 e. The summed E-state index contributed by atoms with van der Waals surface area (Å²) in [7, 11) is -4.00. The number of hydrogen-bond acceptors (Lipinski definition) is 3. The number of carbonyl (C=O) groups is 1. The maximum atomic E-state index is 10.6. The van der Waals surface area contributed by atoms with E-state index in [1.54, 1.807) is 0 Å². The van der Waals surface area contributed by atoms with Gasteiger partial charge in [-0.2, -0.15) is 0 Å². The normalized spacial score (nSPS) is 29.1. The molecule has 0 bridgehead atoms. The zero-order valence-corrected chi connectivity index (χ0v) is 7.78. The lowest BCUT2D eigenvalue weighted by molar-refractivity contribution is -0.139. The van der Waals surface area contributed by atoms with Crippen LogP contribution in [-0.2, 0) is 9.36 Å². The molecule has 1 saturated heterocycles. The maximum absolute atomic E-state index is 10.6. The third-order valence-electron chi connectivity index (χ3n) is 2.02. The molecule has 0 amide bonds. The Morgan fingerprint density at radius 1 is 1.54 bits per heavy atom. The van der Waals surface area contributed by atoms with Crippen LogP contribution in [-0.4, -0.2) is 39.6 Å². The van der Waals surface area contributed by atoms with Crippen molar-refractivity contribution in [1.82, 2.24) is 5.32 Å². The molecule has 4 N–H and O–H groups in total. The van der Waals surface area contributed by atoms with E-state index in [9.17, 15) is 9.36 Å². The molecule has 0 radical (unpaired) electrons. The topological polar surface area (TPSA) is 107 Å². The van der Waals surface area contributed by atoms with Gasteiger partial charge in [0.15, 0.2) is 0 Å². The third-order valence-corrected chi connectivity index (χ3v) is 3.01. The van der Waals surface area contributed by atoms with Crippen LogP contribution in [0.4, 0.5) is 0 Å². The van der Waals surface area contributed by atoms with Crippen LogP contribution in [0.15, 0.2) is 0 Å². The van der Waals surface area contributed by atoms with Gasteiger partial charge < -0.3 is 20.2 Å². The zero-order valence-electron chi connectivity index (χ0n) is 6.88. The van der Waals surface area contributed by atoms with E-state index < -0.39 is 19.6 Å². The molecule has 0 aliphatic carbocycles. The average molecular weight is 209 g/mol. The van der Waals surface area contributed by atoms with E-state index in [4.69, 9.17) is 14.9 Å². The summed E-state index contributed by atoms with van der Waals surface area (Å²) in [5, 5.41) is 11.3. The largest absolute Gasteiger partial charge is 0.480 e. The first-order valence-electron chi connectivity index (χ1n) is 3.89. The predicted molar refractivity (Wildman–Crippen MR) is 44.4 cm³/mol. The van der Waals surface area contributed by atoms with Crippen molar-refractivity contribution >= 4 is 13.6 Å². The molecule has 2 atom stereocenters. The van der Waals surface area contributed by atoms with Gasteiger partial charge >= 0.3 is 13.6 Å². The number of carboxylic acid groups (broad SMARTS) is 1. The van der Waals surface area contributed by atoms with Gasteiger partial charge in [0.25, 0.3) is 0 Å². The predicted octanol–water partition coefficient (Wildman–Crippen LogP) is -0.773. The molecule has 0 spiro atoms. The van der Waals surface area contributed by atoms with Crippen molar-refractivity contribution in [3.05, 3.63) is 0 Å². The van der Waals surface area contributed by atoms with Gasteiger partial charge in [0.05, 0.1) is 6.16 Å². The summed E-state index contributed by atoms with van der Waals surface area (Å²) < 4.78 is 10.6. The second-order valence-corrected chi connectivity index (χ2v) is 4.94. The van der Waals surface area contributed by atoms with E-state index in [1.165, 1.54) is 0 Å². The molecule has 0 saturated carbocycles. The van der Waals surface area contributed by atoms with E-state index in [0.717, 1.165) is 0 Å². The highest BCUT2D eigenvalue weighted by Gasteiger charge is 2.32. The molecule has 7 heteroatoms. The second kappa shape index (κ2) is 3.75. The number of carboxylic acids is 1. The van der Waals surface area contributed by atoms with Crippen LogP contribution >= 0.6 is 7.60 Å². The lowest BCUT2D eigenvalue weighted by atomic mass is 10.1. The van der Waals surface area contributed by atoms with Crippen LogP contribution < -0.4 is 5.32 Å². The van der Waals surface area contributed by atoms with E-state index >= 15 is 0 Å². The summed E-state index contributed by atoms with van der Waals surface area (Å²) in [6.07, 6.45) is 0.0597. The van der Waals surface area contributed by atoms with Gasteiger partial charge in [0.2, 0.25) is 0 Å². The summed E-state index contributed by atoms with van der Waals surface area (Å²) in [6.45, 7) is 0.363. The van der Waals surface area contributed by atoms with E-state index in [2.05, 4.69) is 5.32 Å². The molecule has 0 aromatic carbocycles. The monoisotopic (exact) mass is 209 g/mol. The molecule has 6 nitrogen and oxygen atoms in total. The van der Waals surface area contributed by atoms with Crippen molar-refractivity contribution in [2.45, 2.75) is 12.5 Å². The van der Waals surface area contributed by atoms with Crippen molar-refractivity contribution in [3.63, 3.8) is 0 Å². The van der Waals surface area contributed by atoms with Gasteiger partial charge in [-0.25, -0.2) is 0 Å². The van der Waals surface area contributed by atoms with Crippen LogP contribution in [0.3, 0.4) is 0 Å². The molecule has 0 aromatic rings. The third kappa shape index (κ3) is 3.44. The highest BCUT2D eigenvalue weighted by Crippen LogP contribution is 2.38. The van der Waals surface area contributed by atoms with Crippen LogP contribution in [0.2, 0.25) is 0 Å². The van der Waals surface area contributed by atoms with E-state index in [1.807, 2.05) is 0 Å². The van der Waals surface area contributed by atoms with Gasteiger partial charge in [-0.15, -0.1) is 0 Å². The second-order valence-electron chi connectivity index (χ2n) is 3.25. The van der Waals surface area contributed by atoms with Crippen molar-refractivity contribution < 1.29 is 24.3 Å². The molecule has 1 aliphatic rings. The van der Waals surface area contributed by atoms with E-state index in [0.29, 0.717) is 13.0 Å². The van der Waals surface area contributed by atoms with Crippen molar-refractivity contribution in [2.75, 3.05) is 12.7 Å². The number of aliphatic carboxylic acids is 1. The van der Waals surface area contributed by atoms with Crippen LogP contribution in [0.25, 0.3) is 0 Å². The summed E-state index contributed by atoms with van der Waals surface area (Å²) in [4.78, 5) is 27.7. The Kier molecular flexibility index (Phi) is 3.08. The van der Waals surface area contributed by atoms with Crippen LogP contribution in [0.5, 0.6) is 0 Å². The number of hydrogen-bond donors (Lipinski definition) is 4. The van der Waals surface area contributed by atoms with Crippen molar-refractivity contribution in [2.24, 2.45) is 5.92 Å². The minimum atomic E-state index is -4.00. The number of nitrogens with one attached hydrogen (secondary N) is 1. The highest BCUT2D eigenvalue weighted by molar-refractivity contribution is 7.51. The Bertz CT molecular complexity index is 249. The van der Waals surface area contributed by atoms with Gasteiger partial charge in [0.1, 0.15) is 6.04 Å². The molecule has 76 valence electrons. The van der Waals surface area contributed by atoms with Crippen LogP contribution in [0.1, 0.15) is 6.42 Å². The molecule has 1 fully saturated rings. The lowest BCUT2D eigenvalue weighted by Gasteiger charge is -2.08. The van der Waals surface area contributed by atoms with Crippen molar-refractivity contribution in [1.29, 1.82) is 0 Å². The Balaban J connectivity index is 2.42. The SMILES string of the molecule is O=C(O)C1CC(CP(=O)(O)O)CN1. The molecule has 13 heavy (non-hydrogen) atoms. The first-order chi connectivity index (χ1) is 5.88. The number of rotatable bonds is 3. The average Bonchev–Trinajstić information content (AvgIpc) is 2.31. The minimum absolute atomic E-state index is 0.232. The Morgan fingerprint density at radius 3 is 2.54 bits per heavy atom. The minimum Gasteiger partial charge on any atom is -0.480 e. The summed E-state index contributed by atoms with van der Waals surface area (Å²) in [5.41, 5.74) is 0. The standard InChI is InChI=1S/C6H12NO5P/c8-6(9)5-1-4(2-7-5)3-13(10,11)12/h4-5,7H,1-3H2,(H,8,9)(H2,10,11,12). The van der Waals surface area contributed by atoms with Gasteiger partial charge in [-0.1, -0.05) is 0 Å². The fraction of sp³-hybridized carbons (Fsp3) is 0.833. The molecule has 1 heterocycles. The Hall–Kier alpha value is -0.420. The molecule has 0 aromatic heterocycles. The highest BCUT2D eigenvalue weighted by atomic mass is 31.2. The fourth-order valence-corrected chi connectivity index (χ4v) is 2.42. The Morgan fingerprint density at radius 2 is 2.15 bits per heavy atom. The summed E-state index contributed by atoms with van der Waals surface area (Å²) in [6, 6.07) is -0.656. The molecule has 1 aliphatic heterocycles. The van der Waals surface area contributed by atoms with Crippen LogP contribution in [0, 0.1) is 5.92 Å². The van der Waals surface area contributed by atoms with Gasteiger partial charge in [0, 0.05) is 0 Å². The smallest absolute Gasteiger partial charge is 0.325 e. The van der Waals surface area contributed by atoms with Gasteiger partial charge in [-0.3, -0.25) is 9.36 Å². The van der Waals surface area contributed by atoms with Crippen molar-refractivity contribution in [3.8, 4) is 0 Å². The fourth-order valence-electron chi connectivity index (χ4n) is 1.47. The van der Waals surface area contributed by atoms with E-state index in [-0.39, 0.29) is 12.1 Å². The molecular weight excluding hydrogens is 197 g/mol. The summed E-state index contributed by atoms with van der Waals surface area (Å²) >= 11 is 0.